The van der Waals surface area contributed by atoms with Gasteiger partial charge in [0.15, 0.2) is 6.10 Å². The Hall–Kier alpha value is -3.74. The fraction of sp³-hybridized carbons (Fsp3) is 0.385. The Labute approximate surface area is 203 Å². The standard InChI is InChI=1S/C26H28N4O5/c1-15(2)34-22-7-6-20(13-21(22)14-27)25-28-24(29-35-25)19-5-4-17-8-10-30(11-9-18(17)12-19)16(3)23(31)26(32)33/h4-7,12-13,15-16,23,31H,8-11H2,1-3H3,(H,32,33)/t16?,23-/m1/s1. The quantitative estimate of drug-likeness (QED) is 0.527. The van der Waals surface area contributed by atoms with Gasteiger partial charge in [0.2, 0.25) is 5.82 Å². The first kappa shape index (κ1) is 24.4. The summed E-state index contributed by atoms with van der Waals surface area (Å²) in [5.74, 6) is 0.0548. The molecule has 1 unspecified atom stereocenters. The van der Waals surface area contributed by atoms with Crippen LogP contribution in [-0.2, 0) is 17.6 Å². The second-order valence-electron chi connectivity index (χ2n) is 8.96. The van der Waals surface area contributed by atoms with Gasteiger partial charge in [0.25, 0.3) is 5.89 Å². The SMILES string of the molecule is CC(C)Oc1ccc(-c2nc(-c3ccc4c(c3)CCN(C(C)[C@@H](O)C(=O)O)CC4)no2)cc1C#N. The predicted octanol–water partition coefficient (Wildman–Crippen LogP) is 3.30. The van der Waals surface area contributed by atoms with E-state index in [2.05, 4.69) is 16.2 Å². The summed E-state index contributed by atoms with van der Waals surface area (Å²) in [6, 6.07) is 12.9. The van der Waals surface area contributed by atoms with E-state index >= 15 is 0 Å². The third kappa shape index (κ3) is 5.34. The van der Waals surface area contributed by atoms with Gasteiger partial charge in [-0.2, -0.15) is 10.2 Å². The van der Waals surface area contributed by atoms with E-state index in [9.17, 15) is 15.2 Å². The molecule has 0 saturated carbocycles. The van der Waals surface area contributed by atoms with Crippen LogP contribution in [0.3, 0.4) is 0 Å². The van der Waals surface area contributed by atoms with Crippen molar-refractivity contribution in [2.45, 2.75) is 51.9 Å². The van der Waals surface area contributed by atoms with Crippen molar-refractivity contribution >= 4 is 5.97 Å². The molecule has 0 amide bonds. The van der Waals surface area contributed by atoms with Crippen LogP contribution in [0.15, 0.2) is 40.9 Å². The predicted molar refractivity (Wildman–Crippen MR) is 128 cm³/mol. The van der Waals surface area contributed by atoms with Gasteiger partial charge in [-0.15, -0.1) is 0 Å². The van der Waals surface area contributed by atoms with E-state index in [1.807, 2.05) is 36.9 Å². The maximum atomic E-state index is 11.2. The molecule has 182 valence electrons. The number of nitrogens with zero attached hydrogens (tertiary/aromatic N) is 4. The Morgan fingerprint density at radius 2 is 1.83 bits per heavy atom. The molecular formula is C26H28N4O5. The van der Waals surface area contributed by atoms with Crippen molar-refractivity contribution in [1.29, 1.82) is 5.26 Å². The number of aromatic nitrogens is 2. The minimum atomic E-state index is -1.42. The number of fused-ring (bicyclic) bond motifs is 1. The van der Waals surface area contributed by atoms with E-state index in [1.165, 1.54) is 5.56 Å². The lowest BCUT2D eigenvalue weighted by Gasteiger charge is -2.29. The van der Waals surface area contributed by atoms with Crippen molar-refractivity contribution in [3.05, 3.63) is 53.1 Å². The number of benzene rings is 2. The molecule has 35 heavy (non-hydrogen) atoms. The molecule has 9 heteroatoms. The lowest BCUT2D eigenvalue weighted by Crippen LogP contribution is -2.46. The topological polar surface area (TPSA) is 133 Å². The Morgan fingerprint density at radius 3 is 2.51 bits per heavy atom. The van der Waals surface area contributed by atoms with E-state index in [4.69, 9.17) is 14.4 Å². The number of carbonyl (C=O) groups is 1. The van der Waals surface area contributed by atoms with E-state index < -0.39 is 18.1 Å². The molecule has 2 aromatic carbocycles. The summed E-state index contributed by atoms with van der Waals surface area (Å²) in [6.45, 7) is 6.85. The molecule has 0 radical (unpaired) electrons. The number of aliphatic hydroxyl groups excluding tert-OH is 1. The number of aliphatic carboxylic acids is 1. The summed E-state index contributed by atoms with van der Waals surface area (Å²) in [5.41, 5.74) is 4.15. The van der Waals surface area contributed by atoms with Gasteiger partial charge in [-0.25, -0.2) is 4.79 Å². The van der Waals surface area contributed by atoms with Crippen LogP contribution >= 0.6 is 0 Å². The number of nitriles is 1. The largest absolute Gasteiger partial charge is 0.490 e. The average Bonchev–Trinajstić information content (AvgIpc) is 3.24. The van der Waals surface area contributed by atoms with Gasteiger partial charge >= 0.3 is 5.97 Å². The van der Waals surface area contributed by atoms with Crippen LogP contribution in [0.5, 0.6) is 5.75 Å². The monoisotopic (exact) mass is 476 g/mol. The normalized spacial score (nSPS) is 15.7. The molecule has 1 aliphatic heterocycles. The Balaban J connectivity index is 1.53. The van der Waals surface area contributed by atoms with Crippen LogP contribution in [0.2, 0.25) is 0 Å². The smallest absolute Gasteiger partial charge is 0.334 e. The molecule has 0 spiro atoms. The molecule has 0 fully saturated rings. The van der Waals surface area contributed by atoms with Crippen molar-refractivity contribution in [1.82, 2.24) is 15.0 Å². The van der Waals surface area contributed by atoms with Crippen LogP contribution < -0.4 is 4.74 Å². The summed E-state index contributed by atoms with van der Waals surface area (Å²) in [6.07, 6.45) is 0.00427. The van der Waals surface area contributed by atoms with Gasteiger partial charge in [-0.1, -0.05) is 17.3 Å². The van der Waals surface area contributed by atoms with Crippen molar-refractivity contribution in [3.63, 3.8) is 0 Å². The van der Waals surface area contributed by atoms with Gasteiger partial charge in [-0.3, -0.25) is 4.90 Å². The molecule has 4 rings (SSSR count). The van der Waals surface area contributed by atoms with E-state index in [-0.39, 0.29) is 6.10 Å². The molecule has 1 aliphatic rings. The summed E-state index contributed by atoms with van der Waals surface area (Å²) in [4.78, 5) is 17.7. The zero-order valence-corrected chi connectivity index (χ0v) is 19.9. The van der Waals surface area contributed by atoms with Gasteiger partial charge in [0, 0.05) is 30.3 Å². The van der Waals surface area contributed by atoms with Gasteiger partial charge in [-0.05, 0) is 69.0 Å². The second kappa shape index (κ2) is 10.3. The first-order valence-electron chi connectivity index (χ1n) is 11.6. The highest BCUT2D eigenvalue weighted by Gasteiger charge is 2.28. The average molecular weight is 477 g/mol. The van der Waals surface area contributed by atoms with Crippen LogP contribution in [0.25, 0.3) is 22.8 Å². The molecule has 2 heterocycles. The second-order valence-corrected chi connectivity index (χ2v) is 8.96. The van der Waals surface area contributed by atoms with Crippen LogP contribution in [-0.4, -0.2) is 62.6 Å². The summed E-state index contributed by atoms with van der Waals surface area (Å²) >= 11 is 0. The number of carboxylic acids is 1. The third-order valence-corrected chi connectivity index (χ3v) is 6.22. The molecule has 2 N–H and O–H groups in total. The zero-order valence-electron chi connectivity index (χ0n) is 19.9. The van der Waals surface area contributed by atoms with Crippen molar-refractivity contribution < 1.29 is 24.3 Å². The maximum Gasteiger partial charge on any atom is 0.334 e. The van der Waals surface area contributed by atoms with Crippen molar-refractivity contribution in [2.75, 3.05) is 13.1 Å². The number of rotatable bonds is 7. The van der Waals surface area contributed by atoms with Crippen molar-refractivity contribution in [3.8, 4) is 34.7 Å². The summed E-state index contributed by atoms with van der Waals surface area (Å²) in [7, 11) is 0. The number of carboxylic acid groups (broad SMARTS) is 1. The van der Waals surface area contributed by atoms with Crippen LogP contribution in [0.1, 0.15) is 37.5 Å². The Morgan fingerprint density at radius 1 is 1.11 bits per heavy atom. The van der Waals surface area contributed by atoms with Crippen molar-refractivity contribution in [2.24, 2.45) is 0 Å². The molecule has 0 bridgehead atoms. The van der Waals surface area contributed by atoms with Crippen LogP contribution in [0.4, 0.5) is 0 Å². The number of hydrogen-bond acceptors (Lipinski definition) is 8. The minimum absolute atomic E-state index is 0.0475. The Kier molecular flexibility index (Phi) is 7.15. The molecule has 1 aromatic heterocycles. The van der Waals surface area contributed by atoms with Gasteiger partial charge in [0.1, 0.15) is 11.8 Å². The zero-order chi connectivity index (χ0) is 25.1. The number of hydrogen-bond donors (Lipinski definition) is 2. The van der Waals surface area contributed by atoms with E-state index in [0.717, 1.165) is 17.5 Å². The number of aliphatic hydroxyl groups is 1. The van der Waals surface area contributed by atoms with E-state index in [1.54, 1.807) is 25.1 Å². The fourth-order valence-corrected chi connectivity index (χ4v) is 4.26. The third-order valence-electron chi connectivity index (χ3n) is 6.22. The highest BCUT2D eigenvalue weighted by atomic mass is 16.5. The maximum absolute atomic E-state index is 11.2. The fourth-order valence-electron chi connectivity index (χ4n) is 4.26. The minimum Gasteiger partial charge on any atom is -0.490 e. The van der Waals surface area contributed by atoms with E-state index in [0.29, 0.717) is 48.1 Å². The molecular weight excluding hydrogens is 448 g/mol. The molecule has 2 atom stereocenters. The lowest BCUT2D eigenvalue weighted by atomic mass is 10.00. The molecule has 0 saturated heterocycles. The molecule has 0 aliphatic carbocycles. The Bertz CT molecular complexity index is 1260. The number of ether oxygens (including phenoxy) is 1. The highest BCUT2D eigenvalue weighted by molar-refractivity contribution is 5.72. The molecule has 3 aromatic rings. The molecule has 9 nitrogen and oxygen atoms in total. The van der Waals surface area contributed by atoms with Gasteiger partial charge in [0.05, 0.1) is 11.7 Å². The van der Waals surface area contributed by atoms with Gasteiger partial charge < -0.3 is 19.5 Å². The van der Waals surface area contributed by atoms with Crippen LogP contribution in [0, 0.1) is 11.3 Å². The summed E-state index contributed by atoms with van der Waals surface area (Å²) in [5, 5.41) is 32.7. The summed E-state index contributed by atoms with van der Waals surface area (Å²) < 4.78 is 11.2. The first-order chi connectivity index (χ1) is 16.8. The highest BCUT2D eigenvalue weighted by Crippen LogP contribution is 2.29. The first-order valence-corrected chi connectivity index (χ1v) is 11.6. The lowest BCUT2D eigenvalue weighted by molar-refractivity contribution is -0.150.